The number of ether oxygens (including phenoxy) is 1. The third-order valence-corrected chi connectivity index (χ3v) is 3.62. The molecule has 0 aromatic heterocycles. The van der Waals surface area contributed by atoms with Gasteiger partial charge in [0.1, 0.15) is 0 Å². The summed E-state index contributed by atoms with van der Waals surface area (Å²) in [4.78, 5) is 12.0. The summed E-state index contributed by atoms with van der Waals surface area (Å²) >= 11 is 0. The molecule has 0 aromatic carbocycles. The van der Waals surface area contributed by atoms with Gasteiger partial charge in [-0.05, 0) is 38.1 Å². The number of methoxy groups -OCH3 is 1. The normalized spacial score (nSPS) is 24.6. The maximum Gasteiger partial charge on any atom is 0.223 e. The number of nitrogens with two attached hydrogens (primary N) is 1. The van der Waals surface area contributed by atoms with Crippen LogP contribution in [0, 0.1) is 11.8 Å². The SMILES string of the molecule is COCCCCNC(=O)C1CCCCC1CN. The topological polar surface area (TPSA) is 64.3 Å². The summed E-state index contributed by atoms with van der Waals surface area (Å²) in [5, 5.41) is 3.03. The van der Waals surface area contributed by atoms with Crippen LogP contribution in [0.15, 0.2) is 0 Å². The first kappa shape index (κ1) is 14.5. The fraction of sp³-hybridized carbons (Fsp3) is 0.923. The van der Waals surface area contributed by atoms with Gasteiger partial charge in [-0.15, -0.1) is 0 Å². The quantitative estimate of drug-likeness (QED) is 0.661. The van der Waals surface area contributed by atoms with Crippen molar-refractivity contribution in [1.82, 2.24) is 5.32 Å². The van der Waals surface area contributed by atoms with Crippen LogP contribution in [0.3, 0.4) is 0 Å². The lowest BCUT2D eigenvalue weighted by Crippen LogP contribution is -2.39. The predicted molar refractivity (Wildman–Crippen MR) is 68.6 cm³/mol. The van der Waals surface area contributed by atoms with Crippen molar-refractivity contribution >= 4 is 5.91 Å². The number of carbonyl (C=O) groups is 1. The summed E-state index contributed by atoms with van der Waals surface area (Å²) < 4.78 is 4.97. The molecule has 0 aliphatic heterocycles. The molecule has 1 aliphatic rings. The van der Waals surface area contributed by atoms with Gasteiger partial charge in [0, 0.05) is 26.2 Å². The minimum Gasteiger partial charge on any atom is -0.385 e. The Morgan fingerprint density at radius 2 is 2.12 bits per heavy atom. The molecule has 17 heavy (non-hydrogen) atoms. The first-order valence-electron chi connectivity index (χ1n) is 6.76. The van der Waals surface area contributed by atoms with E-state index < -0.39 is 0 Å². The lowest BCUT2D eigenvalue weighted by atomic mass is 9.79. The summed E-state index contributed by atoms with van der Waals surface area (Å²) in [6, 6.07) is 0. The van der Waals surface area contributed by atoms with Crippen molar-refractivity contribution in [3.63, 3.8) is 0 Å². The molecule has 0 bridgehead atoms. The Balaban J connectivity index is 2.20. The summed E-state index contributed by atoms with van der Waals surface area (Å²) in [5.41, 5.74) is 5.73. The van der Waals surface area contributed by atoms with Crippen LogP contribution in [-0.4, -0.2) is 32.7 Å². The number of hydrogen-bond donors (Lipinski definition) is 2. The number of rotatable bonds is 7. The largest absolute Gasteiger partial charge is 0.385 e. The van der Waals surface area contributed by atoms with E-state index in [0.29, 0.717) is 12.5 Å². The molecule has 0 heterocycles. The minimum atomic E-state index is 0.149. The van der Waals surface area contributed by atoms with E-state index in [1.807, 2.05) is 0 Å². The number of unbranched alkanes of at least 4 members (excludes halogenated alkanes) is 1. The molecule has 0 radical (unpaired) electrons. The van der Waals surface area contributed by atoms with Gasteiger partial charge >= 0.3 is 0 Å². The summed E-state index contributed by atoms with van der Waals surface area (Å²) in [5.74, 6) is 0.747. The molecule has 0 spiro atoms. The van der Waals surface area contributed by atoms with Crippen LogP contribution < -0.4 is 11.1 Å². The number of hydrogen-bond acceptors (Lipinski definition) is 3. The molecule has 3 N–H and O–H groups in total. The Bertz CT molecular complexity index is 221. The number of carbonyl (C=O) groups excluding carboxylic acids is 1. The van der Waals surface area contributed by atoms with Crippen molar-refractivity contribution in [2.75, 3.05) is 26.8 Å². The molecule has 1 saturated carbocycles. The Labute approximate surface area is 104 Å². The molecular formula is C13H26N2O2. The highest BCUT2D eigenvalue weighted by atomic mass is 16.5. The van der Waals surface area contributed by atoms with Crippen molar-refractivity contribution in [2.45, 2.75) is 38.5 Å². The van der Waals surface area contributed by atoms with Crippen LogP contribution >= 0.6 is 0 Å². The van der Waals surface area contributed by atoms with E-state index >= 15 is 0 Å². The summed E-state index contributed by atoms with van der Waals surface area (Å²) in [6.07, 6.45) is 6.49. The van der Waals surface area contributed by atoms with Crippen LogP contribution in [-0.2, 0) is 9.53 Å². The van der Waals surface area contributed by atoms with Crippen molar-refractivity contribution in [3.8, 4) is 0 Å². The maximum absolute atomic E-state index is 12.0. The molecule has 1 amide bonds. The molecule has 4 nitrogen and oxygen atoms in total. The van der Waals surface area contributed by atoms with Gasteiger partial charge in [0.2, 0.25) is 5.91 Å². The zero-order valence-corrected chi connectivity index (χ0v) is 10.9. The monoisotopic (exact) mass is 242 g/mol. The Kier molecular flexibility index (Phi) is 7.21. The molecule has 4 heteroatoms. The molecule has 1 aliphatic carbocycles. The van der Waals surface area contributed by atoms with Gasteiger partial charge in [0.05, 0.1) is 0 Å². The van der Waals surface area contributed by atoms with Gasteiger partial charge < -0.3 is 15.8 Å². The molecular weight excluding hydrogens is 216 g/mol. The van der Waals surface area contributed by atoms with Gasteiger partial charge in [-0.1, -0.05) is 12.8 Å². The molecule has 1 rings (SSSR count). The molecule has 0 aromatic rings. The smallest absolute Gasteiger partial charge is 0.223 e. The highest BCUT2D eigenvalue weighted by molar-refractivity contribution is 5.79. The second-order valence-corrected chi connectivity index (χ2v) is 4.88. The average Bonchev–Trinajstić information content (AvgIpc) is 2.38. The molecule has 0 saturated heterocycles. The summed E-state index contributed by atoms with van der Waals surface area (Å²) in [6.45, 7) is 2.17. The maximum atomic E-state index is 12.0. The molecule has 1 fully saturated rings. The van der Waals surface area contributed by atoms with E-state index in [1.54, 1.807) is 7.11 Å². The van der Waals surface area contributed by atoms with Crippen LogP contribution in [0.4, 0.5) is 0 Å². The van der Waals surface area contributed by atoms with Crippen LogP contribution in [0.1, 0.15) is 38.5 Å². The first-order chi connectivity index (χ1) is 8.29. The fourth-order valence-electron chi connectivity index (χ4n) is 2.55. The second kappa shape index (κ2) is 8.48. The van der Waals surface area contributed by atoms with E-state index in [9.17, 15) is 4.79 Å². The van der Waals surface area contributed by atoms with Crippen molar-refractivity contribution in [2.24, 2.45) is 17.6 Å². The molecule has 100 valence electrons. The number of amides is 1. The minimum absolute atomic E-state index is 0.149. The van der Waals surface area contributed by atoms with Crippen molar-refractivity contribution < 1.29 is 9.53 Å². The van der Waals surface area contributed by atoms with Gasteiger partial charge in [0.15, 0.2) is 0 Å². The summed E-state index contributed by atoms with van der Waals surface area (Å²) in [7, 11) is 1.70. The third-order valence-electron chi connectivity index (χ3n) is 3.62. The predicted octanol–water partition coefficient (Wildman–Crippen LogP) is 1.29. The first-order valence-corrected chi connectivity index (χ1v) is 6.76. The Morgan fingerprint density at radius 1 is 1.35 bits per heavy atom. The van der Waals surface area contributed by atoms with E-state index in [4.69, 9.17) is 10.5 Å². The van der Waals surface area contributed by atoms with Crippen molar-refractivity contribution in [3.05, 3.63) is 0 Å². The zero-order chi connectivity index (χ0) is 12.5. The highest BCUT2D eigenvalue weighted by Gasteiger charge is 2.29. The van der Waals surface area contributed by atoms with Gasteiger partial charge in [-0.2, -0.15) is 0 Å². The standard InChI is InChI=1S/C13H26N2O2/c1-17-9-5-4-8-15-13(16)12-7-3-2-6-11(12)10-14/h11-12H,2-10,14H2,1H3,(H,15,16). The molecule has 2 atom stereocenters. The van der Waals surface area contributed by atoms with Gasteiger partial charge in [-0.25, -0.2) is 0 Å². The van der Waals surface area contributed by atoms with E-state index in [0.717, 1.165) is 45.3 Å². The number of nitrogens with one attached hydrogen (secondary N) is 1. The van der Waals surface area contributed by atoms with Crippen molar-refractivity contribution in [1.29, 1.82) is 0 Å². The van der Waals surface area contributed by atoms with E-state index in [2.05, 4.69) is 5.32 Å². The molecule has 2 unspecified atom stereocenters. The van der Waals surface area contributed by atoms with E-state index in [1.165, 1.54) is 6.42 Å². The Morgan fingerprint density at radius 3 is 2.82 bits per heavy atom. The Hall–Kier alpha value is -0.610. The van der Waals surface area contributed by atoms with Crippen LogP contribution in [0.25, 0.3) is 0 Å². The lowest BCUT2D eigenvalue weighted by molar-refractivity contribution is -0.127. The van der Waals surface area contributed by atoms with Crippen LogP contribution in [0.5, 0.6) is 0 Å². The van der Waals surface area contributed by atoms with Gasteiger partial charge in [0.25, 0.3) is 0 Å². The second-order valence-electron chi connectivity index (χ2n) is 4.88. The average molecular weight is 242 g/mol. The lowest BCUT2D eigenvalue weighted by Gasteiger charge is -2.29. The van der Waals surface area contributed by atoms with E-state index in [-0.39, 0.29) is 11.8 Å². The fourth-order valence-corrected chi connectivity index (χ4v) is 2.55. The van der Waals surface area contributed by atoms with Gasteiger partial charge in [-0.3, -0.25) is 4.79 Å². The highest BCUT2D eigenvalue weighted by Crippen LogP contribution is 2.29. The van der Waals surface area contributed by atoms with Crippen LogP contribution in [0.2, 0.25) is 0 Å². The third kappa shape index (κ3) is 5.04. The zero-order valence-electron chi connectivity index (χ0n) is 10.9.